The number of amides is 1. The zero-order valence-corrected chi connectivity index (χ0v) is 22.1. The smallest absolute Gasteiger partial charge is 0.416 e. The van der Waals surface area contributed by atoms with E-state index >= 15 is 0 Å². The summed E-state index contributed by atoms with van der Waals surface area (Å²) >= 11 is 13.2. The highest BCUT2D eigenvalue weighted by atomic mass is 35.5. The molecule has 37 heavy (non-hydrogen) atoms. The van der Waals surface area contributed by atoms with Gasteiger partial charge in [0.05, 0.1) is 34.5 Å². The third-order valence-electron chi connectivity index (χ3n) is 6.90. The topological polar surface area (TPSA) is 64.4 Å². The van der Waals surface area contributed by atoms with Gasteiger partial charge in [-0.1, -0.05) is 23.2 Å². The number of alkyl halides is 3. The molecule has 1 fully saturated rings. The van der Waals surface area contributed by atoms with E-state index in [1.165, 1.54) is 11.8 Å². The molecular weight excluding hydrogens is 530 g/mol. The second kappa shape index (κ2) is 10.5. The normalized spacial score (nSPS) is 14.9. The number of aryl methyl sites for hydroxylation is 2. The minimum absolute atomic E-state index is 0.142. The molecule has 1 amide bonds. The highest BCUT2D eigenvalue weighted by Gasteiger charge is 2.32. The second-order valence-electron chi connectivity index (χ2n) is 9.34. The van der Waals surface area contributed by atoms with Gasteiger partial charge in [-0.25, -0.2) is 0 Å². The first-order valence-electron chi connectivity index (χ1n) is 11.8. The summed E-state index contributed by atoms with van der Waals surface area (Å²) in [5.74, 6) is -0.343. The lowest BCUT2D eigenvalue weighted by Gasteiger charge is -2.32. The molecule has 4 rings (SSSR count). The van der Waals surface area contributed by atoms with Crippen LogP contribution in [0.2, 0.25) is 10.0 Å². The summed E-state index contributed by atoms with van der Waals surface area (Å²) in [4.78, 5) is 26.6. The first kappa shape index (κ1) is 27.3. The van der Waals surface area contributed by atoms with E-state index in [1.807, 2.05) is 0 Å². The molecule has 1 aliphatic heterocycles. The van der Waals surface area contributed by atoms with Gasteiger partial charge in [0, 0.05) is 43.4 Å². The maximum Gasteiger partial charge on any atom is 0.416 e. The van der Waals surface area contributed by atoms with E-state index in [0.29, 0.717) is 70.7 Å². The molecule has 2 aromatic carbocycles. The zero-order chi connectivity index (χ0) is 27.1. The standard InChI is InChI=1S/C26H26Cl2F3N3O3/c1-14-10-16(26(29,30)31)12-21-23(14)20(32-33(21)2)13-18-19(27)5-4-17(24(18)28)25(36)34-8-6-15(7-9-34)11-22(35)37-3/h4-5,10,12,15H,6-9,11,13H2,1-3H3. The molecule has 198 valence electrons. The summed E-state index contributed by atoms with van der Waals surface area (Å²) < 4.78 is 46.1. The number of hydrogen-bond acceptors (Lipinski definition) is 4. The van der Waals surface area contributed by atoms with Gasteiger partial charge >= 0.3 is 12.1 Å². The van der Waals surface area contributed by atoms with Crippen LogP contribution in [0, 0.1) is 12.8 Å². The van der Waals surface area contributed by atoms with Crippen molar-refractivity contribution in [3.05, 3.63) is 62.3 Å². The summed E-state index contributed by atoms with van der Waals surface area (Å²) in [6.45, 7) is 2.58. The lowest BCUT2D eigenvalue weighted by molar-refractivity contribution is -0.142. The number of benzene rings is 2. The number of esters is 1. The monoisotopic (exact) mass is 555 g/mol. The quantitative estimate of drug-likeness (QED) is 0.351. The van der Waals surface area contributed by atoms with Crippen LogP contribution in [0.15, 0.2) is 24.3 Å². The Bertz CT molecular complexity index is 1360. The van der Waals surface area contributed by atoms with Crippen molar-refractivity contribution in [3.8, 4) is 0 Å². The van der Waals surface area contributed by atoms with Crippen molar-refractivity contribution >= 4 is 46.0 Å². The SMILES string of the molecule is COC(=O)CC1CCN(C(=O)c2ccc(Cl)c(Cc3nn(C)c4cc(C(F)(F)F)cc(C)c34)c2Cl)CC1. The predicted molar refractivity (Wildman–Crippen MR) is 135 cm³/mol. The maximum absolute atomic E-state index is 13.3. The molecule has 0 N–H and O–H groups in total. The second-order valence-corrected chi connectivity index (χ2v) is 10.1. The number of piperidine rings is 1. The molecule has 2 heterocycles. The van der Waals surface area contributed by atoms with Crippen LogP contribution in [0.4, 0.5) is 13.2 Å². The van der Waals surface area contributed by atoms with E-state index in [0.717, 1.165) is 12.1 Å². The number of hydrogen-bond donors (Lipinski definition) is 0. The van der Waals surface area contributed by atoms with Crippen LogP contribution < -0.4 is 0 Å². The molecule has 6 nitrogen and oxygen atoms in total. The van der Waals surface area contributed by atoms with Gasteiger partial charge in [0.2, 0.25) is 0 Å². The highest BCUT2D eigenvalue weighted by Crippen LogP contribution is 2.37. The summed E-state index contributed by atoms with van der Waals surface area (Å²) in [5.41, 5.74) is 1.32. The van der Waals surface area contributed by atoms with Crippen LogP contribution in [0.3, 0.4) is 0 Å². The number of rotatable bonds is 5. The van der Waals surface area contributed by atoms with E-state index in [9.17, 15) is 22.8 Å². The fraction of sp³-hybridized carbons (Fsp3) is 0.423. The van der Waals surface area contributed by atoms with E-state index < -0.39 is 11.7 Å². The molecule has 3 aromatic rings. The van der Waals surface area contributed by atoms with Crippen molar-refractivity contribution in [2.75, 3.05) is 20.2 Å². The first-order chi connectivity index (χ1) is 17.4. The molecule has 0 bridgehead atoms. The Morgan fingerprint density at radius 1 is 1.16 bits per heavy atom. The number of likely N-dealkylation sites (tertiary alicyclic amines) is 1. The van der Waals surface area contributed by atoms with E-state index in [1.54, 1.807) is 31.0 Å². The van der Waals surface area contributed by atoms with Crippen molar-refractivity contribution in [2.45, 2.75) is 38.8 Å². The molecule has 0 radical (unpaired) electrons. The van der Waals surface area contributed by atoms with Gasteiger partial charge in [0.1, 0.15) is 0 Å². The average Bonchev–Trinajstić information content (AvgIpc) is 3.17. The molecule has 0 unspecified atom stereocenters. The van der Waals surface area contributed by atoms with Crippen LogP contribution in [0.1, 0.15) is 52.0 Å². The van der Waals surface area contributed by atoms with Gasteiger partial charge in [-0.15, -0.1) is 0 Å². The highest BCUT2D eigenvalue weighted by molar-refractivity contribution is 6.38. The first-order valence-corrected chi connectivity index (χ1v) is 12.5. The van der Waals surface area contributed by atoms with Crippen LogP contribution in [-0.4, -0.2) is 46.8 Å². The summed E-state index contributed by atoms with van der Waals surface area (Å²) in [6, 6.07) is 5.35. The van der Waals surface area contributed by atoms with Gasteiger partial charge in [0.15, 0.2) is 0 Å². The molecule has 0 aliphatic carbocycles. The van der Waals surface area contributed by atoms with Crippen molar-refractivity contribution in [1.29, 1.82) is 0 Å². The number of fused-ring (bicyclic) bond motifs is 1. The van der Waals surface area contributed by atoms with Crippen LogP contribution in [-0.2, 0) is 29.2 Å². The molecule has 0 atom stereocenters. The molecule has 1 aliphatic rings. The van der Waals surface area contributed by atoms with E-state index in [2.05, 4.69) is 5.10 Å². The summed E-state index contributed by atoms with van der Waals surface area (Å²) in [7, 11) is 2.94. The fourth-order valence-corrected chi connectivity index (χ4v) is 5.48. The van der Waals surface area contributed by atoms with Gasteiger partial charge in [-0.05, 0) is 61.1 Å². The van der Waals surface area contributed by atoms with E-state index in [-0.39, 0.29) is 29.2 Å². The molecule has 0 spiro atoms. The number of halogens is 5. The third kappa shape index (κ3) is 5.57. The van der Waals surface area contributed by atoms with Crippen molar-refractivity contribution in [2.24, 2.45) is 13.0 Å². The maximum atomic E-state index is 13.3. The number of ether oxygens (including phenoxy) is 1. The summed E-state index contributed by atoms with van der Waals surface area (Å²) in [5, 5.41) is 5.57. The average molecular weight is 556 g/mol. The molecule has 1 aromatic heterocycles. The van der Waals surface area contributed by atoms with Crippen LogP contribution in [0.5, 0.6) is 0 Å². The van der Waals surface area contributed by atoms with Gasteiger partial charge in [0.25, 0.3) is 5.91 Å². The largest absolute Gasteiger partial charge is 0.469 e. The van der Waals surface area contributed by atoms with Gasteiger partial charge in [-0.2, -0.15) is 18.3 Å². The lowest BCUT2D eigenvalue weighted by atomic mass is 9.93. The zero-order valence-electron chi connectivity index (χ0n) is 20.6. The Morgan fingerprint density at radius 2 is 1.84 bits per heavy atom. The number of carbonyl (C=O) groups is 2. The molecular formula is C26H26Cl2F3N3O3. The molecule has 11 heteroatoms. The third-order valence-corrected chi connectivity index (χ3v) is 7.68. The Balaban J connectivity index is 1.61. The molecule has 0 saturated carbocycles. The number of nitrogens with zero attached hydrogens (tertiary/aromatic N) is 3. The fourth-order valence-electron chi connectivity index (χ4n) is 4.89. The minimum atomic E-state index is -4.47. The van der Waals surface area contributed by atoms with Gasteiger partial charge < -0.3 is 9.64 Å². The van der Waals surface area contributed by atoms with Gasteiger partial charge in [-0.3, -0.25) is 14.3 Å². The Hall–Kier alpha value is -2.78. The predicted octanol–water partition coefficient (Wildman–Crippen LogP) is 6.21. The number of carbonyl (C=O) groups excluding carboxylic acids is 2. The Morgan fingerprint density at radius 3 is 2.46 bits per heavy atom. The number of aromatic nitrogens is 2. The minimum Gasteiger partial charge on any atom is -0.469 e. The Kier molecular flexibility index (Phi) is 7.76. The van der Waals surface area contributed by atoms with Crippen LogP contribution in [0.25, 0.3) is 10.9 Å². The van der Waals surface area contributed by atoms with Crippen molar-refractivity contribution in [1.82, 2.24) is 14.7 Å². The van der Waals surface area contributed by atoms with Crippen LogP contribution >= 0.6 is 23.2 Å². The molecule has 1 saturated heterocycles. The van der Waals surface area contributed by atoms with Crippen molar-refractivity contribution in [3.63, 3.8) is 0 Å². The summed E-state index contributed by atoms with van der Waals surface area (Å²) in [6.07, 6.45) is -2.65. The number of methoxy groups -OCH3 is 1. The Labute approximate surface area is 222 Å². The van der Waals surface area contributed by atoms with E-state index in [4.69, 9.17) is 27.9 Å². The van der Waals surface area contributed by atoms with Crippen molar-refractivity contribution < 1.29 is 27.5 Å². The lowest BCUT2D eigenvalue weighted by Crippen LogP contribution is -2.39.